The molecule has 0 aliphatic carbocycles. The molecule has 3 rings (SSSR count). The highest BCUT2D eigenvalue weighted by molar-refractivity contribution is 5.94. The van der Waals surface area contributed by atoms with E-state index in [4.69, 9.17) is 4.74 Å². The number of carbonyl (C=O) groups excluding carboxylic acids is 2. The highest BCUT2D eigenvalue weighted by Gasteiger charge is 2.26. The quantitative estimate of drug-likeness (QED) is 0.820. The summed E-state index contributed by atoms with van der Waals surface area (Å²) in [5.74, 6) is -0.430. The molecule has 2 amide bonds. The maximum Gasteiger partial charge on any atom is 0.251 e. The van der Waals surface area contributed by atoms with Crippen LogP contribution in [0, 0.1) is 5.82 Å². The van der Waals surface area contributed by atoms with Crippen molar-refractivity contribution in [2.24, 2.45) is 0 Å². The van der Waals surface area contributed by atoms with Crippen LogP contribution in [0.2, 0.25) is 0 Å². The highest BCUT2D eigenvalue weighted by Crippen LogP contribution is 2.14. The Morgan fingerprint density at radius 1 is 1.23 bits per heavy atom. The number of benzene rings is 1. The fourth-order valence-electron chi connectivity index (χ4n) is 3.23. The summed E-state index contributed by atoms with van der Waals surface area (Å²) in [4.78, 5) is 26.4. The molecule has 2 N–H and O–H groups in total. The van der Waals surface area contributed by atoms with E-state index in [2.05, 4.69) is 10.6 Å². The average Bonchev–Trinajstić information content (AvgIpc) is 2.63. The minimum absolute atomic E-state index is 0. The Hall–Kier alpha value is -1.70. The van der Waals surface area contributed by atoms with Crippen LogP contribution < -0.4 is 10.6 Å². The number of carbonyl (C=O) groups is 2. The summed E-state index contributed by atoms with van der Waals surface area (Å²) in [6.45, 7) is 3.34. The molecule has 2 heterocycles. The predicted molar refractivity (Wildman–Crippen MR) is 97.9 cm³/mol. The van der Waals surface area contributed by atoms with Gasteiger partial charge in [-0.15, -0.1) is 12.4 Å². The van der Waals surface area contributed by atoms with Crippen molar-refractivity contribution >= 4 is 24.2 Å². The molecule has 1 atom stereocenters. The molecule has 0 bridgehead atoms. The van der Waals surface area contributed by atoms with Gasteiger partial charge in [0, 0.05) is 43.7 Å². The monoisotopic (exact) mass is 385 g/mol. The Kier molecular flexibility index (Phi) is 7.81. The van der Waals surface area contributed by atoms with E-state index in [0.717, 1.165) is 19.4 Å². The molecule has 0 spiro atoms. The Balaban J connectivity index is 0.00000243. The molecule has 1 unspecified atom stereocenters. The van der Waals surface area contributed by atoms with Crippen LogP contribution in [0.15, 0.2) is 24.3 Å². The standard InChI is InChI=1S/C18H24FN3O3.ClH/c19-14-3-1-13(2-4-14)18(24)21-15-5-8-22(9-6-15)17(23)11-16-12-25-10-7-20-16;/h1-4,15-16,20H,5-12H2,(H,21,24);1H. The first-order valence-corrected chi connectivity index (χ1v) is 8.77. The summed E-state index contributed by atoms with van der Waals surface area (Å²) in [6.07, 6.45) is 1.91. The smallest absolute Gasteiger partial charge is 0.251 e. The van der Waals surface area contributed by atoms with Crippen molar-refractivity contribution in [1.82, 2.24) is 15.5 Å². The average molecular weight is 386 g/mol. The van der Waals surface area contributed by atoms with Gasteiger partial charge in [-0.2, -0.15) is 0 Å². The molecule has 2 aliphatic rings. The van der Waals surface area contributed by atoms with E-state index < -0.39 is 0 Å². The van der Waals surface area contributed by atoms with Gasteiger partial charge in [-0.05, 0) is 37.1 Å². The number of piperidine rings is 1. The van der Waals surface area contributed by atoms with Crippen LogP contribution >= 0.6 is 12.4 Å². The Labute approximate surface area is 158 Å². The van der Waals surface area contributed by atoms with Gasteiger partial charge in [0.1, 0.15) is 5.82 Å². The number of ether oxygens (including phenoxy) is 1. The summed E-state index contributed by atoms with van der Waals surface area (Å²) < 4.78 is 18.3. The van der Waals surface area contributed by atoms with Gasteiger partial charge in [0.2, 0.25) is 5.91 Å². The second-order valence-electron chi connectivity index (χ2n) is 6.57. The van der Waals surface area contributed by atoms with Gasteiger partial charge in [-0.1, -0.05) is 0 Å². The normalized spacial score (nSPS) is 21.0. The lowest BCUT2D eigenvalue weighted by atomic mass is 10.0. The van der Waals surface area contributed by atoms with Crippen LogP contribution in [0.25, 0.3) is 0 Å². The largest absolute Gasteiger partial charge is 0.378 e. The van der Waals surface area contributed by atoms with Crippen LogP contribution in [0.5, 0.6) is 0 Å². The SMILES string of the molecule is Cl.O=C(NC1CCN(C(=O)CC2COCCN2)CC1)c1ccc(F)cc1. The zero-order valence-corrected chi connectivity index (χ0v) is 15.4. The summed E-state index contributed by atoms with van der Waals surface area (Å²) in [5.41, 5.74) is 0.447. The van der Waals surface area contributed by atoms with Crippen molar-refractivity contribution in [3.05, 3.63) is 35.6 Å². The number of hydrogen-bond donors (Lipinski definition) is 2. The molecule has 1 aromatic rings. The van der Waals surface area contributed by atoms with Gasteiger partial charge in [-0.25, -0.2) is 4.39 Å². The molecule has 0 aromatic heterocycles. The van der Waals surface area contributed by atoms with Gasteiger partial charge in [0.15, 0.2) is 0 Å². The summed E-state index contributed by atoms with van der Waals surface area (Å²) >= 11 is 0. The molecular formula is C18H25ClFN3O3. The maximum absolute atomic E-state index is 12.9. The third kappa shape index (κ3) is 5.65. The van der Waals surface area contributed by atoms with Crippen molar-refractivity contribution in [2.45, 2.75) is 31.3 Å². The second-order valence-corrected chi connectivity index (χ2v) is 6.57. The van der Waals surface area contributed by atoms with E-state index in [-0.39, 0.29) is 42.1 Å². The molecule has 144 valence electrons. The molecule has 2 saturated heterocycles. The van der Waals surface area contributed by atoms with Crippen LogP contribution in [-0.4, -0.2) is 61.6 Å². The number of amides is 2. The van der Waals surface area contributed by atoms with Gasteiger partial charge < -0.3 is 20.3 Å². The van der Waals surface area contributed by atoms with Crippen molar-refractivity contribution in [1.29, 1.82) is 0 Å². The maximum atomic E-state index is 12.9. The number of nitrogens with one attached hydrogen (secondary N) is 2. The van der Waals surface area contributed by atoms with E-state index >= 15 is 0 Å². The Morgan fingerprint density at radius 3 is 2.54 bits per heavy atom. The zero-order chi connectivity index (χ0) is 17.6. The number of morpholine rings is 1. The molecule has 0 radical (unpaired) electrons. The van der Waals surface area contributed by atoms with Gasteiger partial charge in [0.25, 0.3) is 5.91 Å². The summed E-state index contributed by atoms with van der Waals surface area (Å²) in [6, 6.07) is 5.64. The van der Waals surface area contributed by atoms with Crippen LogP contribution in [0.4, 0.5) is 4.39 Å². The van der Waals surface area contributed by atoms with Crippen molar-refractivity contribution < 1.29 is 18.7 Å². The minimum atomic E-state index is -0.360. The van der Waals surface area contributed by atoms with Gasteiger partial charge >= 0.3 is 0 Å². The number of rotatable bonds is 4. The van der Waals surface area contributed by atoms with Crippen LogP contribution in [0.3, 0.4) is 0 Å². The van der Waals surface area contributed by atoms with Crippen molar-refractivity contribution in [3.8, 4) is 0 Å². The third-order valence-electron chi connectivity index (χ3n) is 4.71. The van der Waals surface area contributed by atoms with Gasteiger partial charge in [-0.3, -0.25) is 9.59 Å². The van der Waals surface area contributed by atoms with E-state index in [1.165, 1.54) is 24.3 Å². The first kappa shape index (κ1) is 20.6. The van der Waals surface area contributed by atoms with Crippen molar-refractivity contribution in [3.63, 3.8) is 0 Å². The number of halogens is 2. The highest BCUT2D eigenvalue weighted by atomic mass is 35.5. The first-order valence-electron chi connectivity index (χ1n) is 8.77. The van der Waals surface area contributed by atoms with E-state index in [0.29, 0.717) is 38.3 Å². The van der Waals surface area contributed by atoms with Gasteiger partial charge in [0.05, 0.1) is 13.2 Å². The lowest BCUT2D eigenvalue weighted by Gasteiger charge is -2.34. The van der Waals surface area contributed by atoms with E-state index in [9.17, 15) is 14.0 Å². The zero-order valence-electron chi connectivity index (χ0n) is 14.6. The fourth-order valence-corrected chi connectivity index (χ4v) is 3.23. The lowest BCUT2D eigenvalue weighted by Crippen LogP contribution is -2.49. The molecule has 2 aliphatic heterocycles. The van der Waals surface area contributed by atoms with Crippen LogP contribution in [0.1, 0.15) is 29.6 Å². The molecule has 6 nitrogen and oxygen atoms in total. The molecule has 2 fully saturated rings. The Bertz CT molecular complexity index is 600. The number of nitrogens with zero attached hydrogens (tertiary/aromatic N) is 1. The molecule has 1 aromatic carbocycles. The minimum Gasteiger partial charge on any atom is -0.378 e. The van der Waals surface area contributed by atoms with Crippen molar-refractivity contribution in [2.75, 3.05) is 32.8 Å². The molecule has 8 heteroatoms. The molecular weight excluding hydrogens is 361 g/mol. The fraction of sp³-hybridized carbons (Fsp3) is 0.556. The van der Waals surface area contributed by atoms with E-state index in [1.54, 1.807) is 0 Å². The van der Waals surface area contributed by atoms with Crippen LogP contribution in [-0.2, 0) is 9.53 Å². The number of likely N-dealkylation sites (tertiary alicyclic amines) is 1. The number of hydrogen-bond acceptors (Lipinski definition) is 4. The lowest BCUT2D eigenvalue weighted by molar-refractivity contribution is -0.133. The molecule has 0 saturated carbocycles. The molecule has 26 heavy (non-hydrogen) atoms. The Morgan fingerprint density at radius 2 is 1.92 bits per heavy atom. The second kappa shape index (κ2) is 9.85. The predicted octanol–water partition coefficient (Wildman–Crippen LogP) is 1.35. The summed E-state index contributed by atoms with van der Waals surface area (Å²) in [5, 5.41) is 6.25. The first-order chi connectivity index (χ1) is 12.1. The summed E-state index contributed by atoms with van der Waals surface area (Å²) in [7, 11) is 0. The van der Waals surface area contributed by atoms with E-state index in [1.807, 2.05) is 4.90 Å². The topological polar surface area (TPSA) is 70.7 Å². The third-order valence-corrected chi connectivity index (χ3v) is 4.71.